The molecule has 0 heterocycles. The lowest BCUT2D eigenvalue weighted by Crippen LogP contribution is -2.45. The van der Waals surface area contributed by atoms with Gasteiger partial charge < -0.3 is 26.6 Å². The van der Waals surface area contributed by atoms with Gasteiger partial charge in [0.25, 0.3) is 5.91 Å². The number of thiol groups is 1. The maximum absolute atomic E-state index is 13.9. The van der Waals surface area contributed by atoms with Crippen molar-refractivity contribution in [1.29, 1.82) is 0 Å². The van der Waals surface area contributed by atoms with Crippen molar-refractivity contribution < 1.29 is 41.5 Å². The van der Waals surface area contributed by atoms with E-state index in [1.54, 1.807) is 0 Å². The van der Waals surface area contributed by atoms with Gasteiger partial charge in [0.2, 0.25) is 23.6 Å². The van der Waals surface area contributed by atoms with Crippen molar-refractivity contribution in [1.82, 2.24) is 26.6 Å². The van der Waals surface area contributed by atoms with Crippen molar-refractivity contribution in [3.63, 3.8) is 0 Å². The summed E-state index contributed by atoms with van der Waals surface area (Å²) in [7, 11) is 0. The van der Waals surface area contributed by atoms with Crippen molar-refractivity contribution in [2.75, 3.05) is 38.5 Å². The Bertz CT molecular complexity index is 1040. The van der Waals surface area contributed by atoms with Gasteiger partial charge in [-0.1, -0.05) is 5.11 Å². The summed E-state index contributed by atoms with van der Waals surface area (Å²) in [6.07, 6.45) is 0. The Balaban J connectivity index is 2.42. The lowest BCUT2D eigenvalue weighted by Gasteiger charge is -2.11. The first-order valence-corrected chi connectivity index (χ1v) is 10.0. The normalized spacial score (nSPS) is 9.97. The van der Waals surface area contributed by atoms with E-state index in [2.05, 4.69) is 39.0 Å². The van der Waals surface area contributed by atoms with Crippen molar-refractivity contribution in [2.45, 2.75) is 0 Å². The number of hydrogen-bond acceptors (Lipinski definition) is 7. The van der Waals surface area contributed by atoms with Crippen LogP contribution in [0.15, 0.2) is 5.11 Å². The van der Waals surface area contributed by atoms with Gasteiger partial charge in [0.15, 0.2) is 23.3 Å². The monoisotopic (exact) mass is 522 g/mol. The van der Waals surface area contributed by atoms with Crippen LogP contribution in [0.25, 0.3) is 10.4 Å². The molecule has 18 heteroatoms. The number of nitrogens with zero attached hydrogens (tertiary/aromatic N) is 3. The Morgan fingerprint density at radius 1 is 0.714 bits per heavy atom. The van der Waals surface area contributed by atoms with Crippen molar-refractivity contribution in [2.24, 2.45) is 5.11 Å². The second kappa shape index (κ2) is 14.3. The maximum Gasteiger partial charge on any atom is 0.257 e. The number of azide groups is 1. The minimum Gasteiger partial charge on any atom is -0.353 e. The highest BCUT2D eigenvalue weighted by Crippen LogP contribution is 2.30. The molecule has 5 N–H and O–H groups in total. The molecule has 0 fully saturated rings. The summed E-state index contributed by atoms with van der Waals surface area (Å²) < 4.78 is 55.3. The molecule has 0 bridgehead atoms. The highest BCUT2D eigenvalue weighted by atomic mass is 32.1. The van der Waals surface area contributed by atoms with Crippen LogP contribution in [0, 0.1) is 23.3 Å². The van der Waals surface area contributed by atoms with E-state index in [1.807, 2.05) is 10.2 Å². The molecule has 5 amide bonds. The van der Waals surface area contributed by atoms with Gasteiger partial charge >= 0.3 is 0 Å². The predicted molar refractivity (Wildman–Crippen MR) is 113 cm³/mol. The summed E-state index contributed by atoms with van der Waals surface area (Å²) in [4.78, 5) is 59.5. The Morgan fingerprint density at radius 2 is 1.14 bits per heavy atom. The lowest BCUT2D eigenvalue weighted by atomic mass is 10.1. The number of nitrogens with one attached hydrogen (secondary N) is 5. The van der Waals surface area contributed by atoms with Gasteiger partial charge in [0.1, 0.15) is 11.3 Å². The molecule has 1 rings (SSSR count). The number of carbonyl (C=O) groups is 5. The van der Waals surface area contributed by atoms with Crippen molar-refractivity contribution in [3.8, 4) is 0 Å². The fourth-order valence-corrected chi connectivity index (χ4v) is 2.31. The second-order valence-corrected chi connectivity index (χ2v) is 6.58. The Morgan fingerprint density at radius 3 is 1.60 bits per heavy atom. The zero-order chi connectivity index (χ0) is 26.5. The van der Waals surface area contributed by atoms with E-state index in [1.165, 1.54) is 0 Å². The van der Waals surface area contributed by atoms with Crippen LogP contribution in [0.4, 0.5) is 23.2 Å². The fraction of sp³-hybridized carbons (Fsp3) is 0.353. The molecule has 0 aromatic heterocycles. The number of amides is 5. The molecule has 190 valence electrons. The number of carbonyl (C=O) groups excluding carboxylic acids is 5. The quantitative estimate of drug-likeness (QED) is 0.0401. The van der Waals surface area contributed by atoms with E-state index in [-0.39, 0.29) is 18.8 Å². The third kappa shape index (κ3) is 9.01. The molecule has 0 atom stereocenters. The van der Waals surface area contributed by atoms with E-state index < -0.39 is 83.7 Å². The van der Waals surface area contributed by atoms with Gasteiger partial charge in [-0.05, 0) is 5.53 Å². The number of halogens is 4. The number of hydrogen-bond donors (Lipinski definition) is 6. The minimum absolute atomic E-state index is 0.122. The first-order valence-electron chi connectivity index (χ1n) is 9.40. The standard InChI is InChI=1S/C17H18F4N8O5S/c18-12-11(13(19)15(21)16(14(12)20)28-29-22)17(34)24-2-1-23-7(30)3-25-8(31)4-26-9(32)5-27-10(33)6-35/h35H,1-6H2,(H,23,30)(H,24,34)(H,25,31)(H,26,32)(H,27,33). The first-order chi connectivity index (χ1) is 16.5. The van der Waals surface area contributed by atoms with Crippen LogP contribution in [0.5, 0.6) is 0 Å². The highest BCUT2D eigenvalue weighted by Gasteiger charge is 2.28. The molecular weight excluding hydrogens is 504 g/mol. The third-order valence-electron chi connectivity index (χ3n) is 3.83. The molecule has 0 aliphatic carbocycles. The average Bonchev–Trinajstić information content (AvgIpc) is 2.83. The minimum atomic E-state index is -2.08. The molecule has 35 heavy (non-hydrogen) atoms. The molecule has 1 aromatic carbocycles. The molecule has 0 aliphatic rings. The SMILES string of the molecule is [N-]=[N+]=Nc1c(F)c(F)c(C(=O)NCCNC(=O)CNC(=O)CNC(=O)CNC(=O)CS)c(F)c1F. The Labute approximate surface area is 199 Å². The van der Waals surface area contributed by atoms with Crippen LogP contribution in [-0.4, -0.2) is 68.0 Å². The zero-order valence-corrected chi connectivity index (χ0v) is 18.5. The summed E-state index contributed by atoms with van der Waals surface area (Å²) in [6, 6.07) is 0. The molecule has 0 spiro atoms. The summed E-state index contributed by atoms with van der Waals surface area (Å²) >= 11 is 3.70. The number of rotatable bonds is 12. The van der Waals surface area contributed by atoms with Gasteiger partial charge in [-0.3, -0.25) is 24.0 Å². The fourth-order valence-electron chi connectivity index (χ4n) is 2.20. The van der Waals surface area contributed by atoms with Crippen molar-refractivity contribution >= 4 is 47.9 Å². The smallest absolute Gasteiger partial charge is 0.257 e. The van der Waals surface area contributed by atoms with E-state index in [0.717, 1.165) is 0 Å². The number of benzene rings is 1. The molecule has 1 aromatic rings. The lowest BCUT2D eigenvalue weighted by molar-refractivity contribution is -0.128. The Kier molecular flexibility index (Phi) is 11.8. The summed E-state index contributed by atoms with van der Waals surface area (Å²) in [5.74, 6) is -12.6. The van der Waals surface area contributed by atoms with Gasteiger partial charge in [-0.2, -0.15) is 12.6 Å². The molecule has 13 nitrogen and oxygen atoms in total. The van der Waals surface area contributed by atoms with E-state index in [9.17, 15) is 41.5 Å². The van der Waals surface area contributed by atoms with Crippen molar-refractivity contribution in [3.05, 3.63) is 39.3 Å². The molecule has 0 unspecified atom stereocenters. The van der Waals surface area contributed by atoms with Gasteiger partial charge in [0, 0.05) is 18.0 Å². The first kappa shape index (κ1) is 29.0. The van der Waals surface area contributed by atoms with Gasteiger partial charge in [-0.25, -0.2) is 17.6 Å². The molecule has 0 saturated carbocycles. The zero-order valence-electron chi connectivity index (χ0n) is 17.6. The van der Waals surface area contributed by atoms with Crippen LogP contribution >= 0.6 is 12.6 Å². The van der Waals surface area contributed by atoms with Gasteiger partial charge in [-0.15, -0.1) is 0 Å². The maximum atomic E-state index is 13.9. The van der Waals surface area contributed by atoms with E-state index >= 15 is 0 Å². The molecule has 0 radical (unpaired) electrons. The third-order valence-corrected chi connectivity index (χ3v) is 4.11. The van der Waals surface area contributed by atoms with Crippen LogP contribution in [0.2, 0.25) is 0 Å². The van der Waals surface area contributed by atoms with E-state index in [0.29, 0.717) is 0 Å². The van der Waals surface area contributed by atoms with Gasteiger partial charge in [0.05, 0.1) is 25.4 Å². The molecule has 0 saturated heterocycles. The van der Waals surface area contributed by atoms with Crippen LogP contribution < -0.4 is 26.6 Å². The summed E-state index contributed by atoms with van der Waals surface area (Å²) in [5, 5.41) is 13.2. The molecular formula is C17H18F4N8O5S. The summed E-state index contributed by atoms with van der Waals surface area (Å²) in [6.45, 7) is -2.11. The second-order valence-electron chi connectivity index (χ2n) is 6.26. The highest BCUT2D eigenvalue weighted by molar-refractivity contribution is 7.81. The van der Waals surface area contributed by atoms with Crippen LogP contribution in [-0.2, 0) is 19.2 Å². The largest absolute Gasteiger partial charge is 0.353 e. The topological polar surface area (TPSA) is 194 Å². The summed E-state index contributed by atoms with van der Waals surface area (Å²) in [5.41, 5.74) is 5.02. The average molecular weight is 522 g/mol. The van der Waals surface area contributed by atoms with Crippen LogP contribution in [0.1, 0.15) is 10.4 Å². The predicted octanol–water partition coefficient (Wildman–Crippen LogP) is -0.691. The Hall–Kier alpha value is -4.05. The van der Waals surface area contributed by atoms with E-state index in [4.69, 9.17) is 5.53 Å². The molecule has 0 aliphatic heterocycles. The van der Waals surface area contributed by atoms with Crippen LogP contribution in [0.3, 0.4) is 0 Å².